The molecule has 1 aliphatic heterocycles. The third-order valence-electron chi connectivity index (χ3n) is 1.99. The molecule has 0 aromatic carbocycles. The molecule has 1 rings (SSSR count). The third kappa shape index (κ3) is 3.41. The van der Waals surface area contributed by atoms with Crippen molar-refractivity contribution in [2.75, 3.05) is 6.61 Å². The van der Waals surface area contributed by atoms with Gasteiger partial charge in [0.2, 0.25) is 0 Å². The van der Waals surface area contributed by atoms with E-state index < -0.39 is 35.3 Å². The Morgan fingerprint density at radius 2 is 2.00 bits per heavy atom. The second-order valence-electron chi connectivity index (χ2n) is 3.35. The van der Waals surface area contributed by atoms with E-state index in [0.717, 1.165) is 0 Å². The molecule has 92 valence electrons. The average molecular weight is 299 g/mol. The van der Waals surface area contributed by atoms with Crippen molar-refractivity contribution >= 4 is 27.9 Å². The van der Waals surface area contributed by atoms with Crippen molar-refractivity contribution in [2.24, 2.45) is 0 Å². The lowest BCUT2D eigenvalue weighted by molar-refractivity contribution is -0.155. The van der Waals surface area contributed by atoms with Gasteiger partial charge in [0.1, 0.15) is 17.7 Å². The summed E-state index contributed by atoms with van der Waals surface area (Å²) in [5.41, 5.74) is 0. The molecule has 1 heterocycles. The molecule has 5 nitrogen and oxygen atoms in total. The highest BCUT2D eigenvalue weighted by Crippen LogP contribution is 2.30. The number of alkyl halides is 2. The summed E-state index contributed by atoms with van der Waals surface area (Å²) in [7, 11) is 0. The van der Waals surface area contributed by atoms with Crippen molar-refractivity contribution in [3.05, 3.63) is 0 Å². The molecule has 16 heavy (non-hydrogen) atoms. The number of esters is 2. The lowest BCUT2D eigenvalue weighted by Crippen LogP contribution is -2.36. The highest BCUT2D eigenvalue weighted by molar-refractivity contribution is 9.09. The predicted molar refractivity (Wildman–Crippen MR) is 54.7 cm³/mol. The second-order valence-corrected chi connectivity index (χ2v) is 4.25. The third-order valence-corrected chi connectivity index (χ3v) is 2.71. The molecule has 0 aromatic rings. The van der Waals surface area contributed by atoms with Crippen molar-refractivity contribution in [2.45, 2.75) is 37.2 Å². The number of hydrogen-bond donors (Lipinski definition) is 0. The van der Waals surface area contributed by atoms with Gasteiger partial charge in [-0.25, -0.2) is 4.39 Å². The topological polar surface area (TPSA) is 61.8 Å². The summed E-state index contributed by atoms with van der Waals surface area (Å²) in [5, 5.41) is -0.864. The largest absolute Gasteiger partial charge is 0.463 e. The maximum Gasteiger partial charge on any atom is 0.303 e. The minimum atomic E-state index is -1.48. The lowest BCUT2D eigenvalue weighted by Gasteiger charge is -2.18. The van der Waals surface area contributed by atoms with Crippen LogP contribution in [0.3, 0.4) is 0 Å². The van der Waals surface area contributed by atoms with Crippen molar-refractivity contribution in [1.29, 1.82) is 0 Å². The highest BCUT2D eigenvalue weighted by atomic mass is 79.9. The van der Waals surface area contributed by atoms with Crippen LogP contribution in [0, 0.1) is 0 Å². The molecular weight excluding hydrogens is 287 g/mol. The van der Waals surface area contributed by atoms with E-state index in [1.807, 2.05) is 0 Å². The molecule has 0 N–H and O–H groups in total. The standard InChI is InChI=1S/C9H12BrFO5/c1-4(12)14-3-6-8(15-5(2)13)7(11)9(10)16-6/h6-9H,3H2,1-2H3/t6-,7+,8-,9-/m1/s1. The SMILES string of the molecule is CC(=O)OC[C@H]1O[C@@H](Br)[C@@H](F)[C@@H]1OC(C)=O. The van der Waals surface area contributed by atoms with Gasteiger partial charge in [-0.05, 0) is 0 Å². The summed E-state index contributed by atoms with van der Waals surface area (Å²) in [5.74, 6) is -1.11. The Kier molecular flexibility index (Phi) is 4.67. The van der Waals surface area contributed by atoms with Gasteiger partial charge >= 0.3 is 11.9 Å². The molecule has 1 fully saturated rings. The van der Waals surface area contributed by atoms with E-state index in [1.165, 1.54) is 13.8 Å². The summed E-state index contributed by atoms with van der Waals surface area (Å²) in [6.07, 6.45) is -3.32. The summed E-state index contributed by atoms with van der Waals surface area (Å²) in [4.78, 5) is 21.4. The lowest BCUT2D eigenvalue weighted by atomic mass is 10.2. The van der Waals surface area contributed by atoms with Crippen molar-refractivity contribution in [1.82, 2.24) is 0 Å². The van der Waals surface area contributed by atoms with Crippen LogP contribution < -0.4 is 0 Å². The first-order valence-electron chi connectivity index (χ1n) is 4.66. The molecule has 0 amide bonds. The monoisotopic (exact) mass is 298 g/mol. The van der Waals surface area contributed by atoms with Crippen LogP contribution in [0.15, 0.2) is 0 Å². The molecule has 1 aliphatic rings. The number of rotatable bonds is 3. The summed E-state index contributed by atoms with van der Waals surface area (Å²) < 4.78 is 28.1. The maximum absolute atomic E-state index is 13.5. The minimum absolute atomic E-state index is 0.143. The zero-order chi connectivity index (χ0) is 12.3. The highest BCUT2D eigenvalue weighted by Gasteiger charge is 2.46. The Balaban J connectivity index is 2.59. The van der Waals surface area contributed by atoms with Crippen molar-refractivity contribution in [3.8, 4) is 0 Å². The van der Waals surface area contributed by atoms with Crippen LogP contribution in [0.4, 0.5) is 4.39 Å². The number of carbonyl (C=O) groups is 2. The molecule has 0 saturated carbocycles. The Morgan fingerprint density at radius 1 is 1.38 bits per heavy atom. The molecular formula is C9H12BrFO5. The van der Waals surface area contributed by atoms with Crippen LogP contribution in [-0.2, 0) is 23.8 Å². The van der Waals surface area contributed by atoms with E-state index in [2.05, 4.69) is 15.9 Å². The van der Waals surface area contributed by atoms with Crippen LogP contribution in [0.5, 0.6) is 0 Å². The van der Waals surface area contributed by atoms with Crippen molar-refractivity contribution < 1.29 is 28.2 Å². The summed E-state index contributed by atoms with van der Waals surface area (Å²) in [6, 6.07) is 0. The summed E-state index contributed by atoms with van der Waals surface area (Å²) in [6.45, 7) is 2.27. The zero-order valence-corrected chi connectivity index (χ0v) is 10.4. The normalized spacial score (nSPS) is 33.5. The Hall–Kier alpha value is -0.690. The van der Waals surface area contributed by atoms with E-state index in [0.29, 0.717) is 0 Å². The Morgan fingerprint density at radius 3 is 2.50 bits per heavy atom. The molecule has 0 aromatic heterocycles. The van der Waals surface area contributed by atoms with Gasteiger partial charge in [-0.1, -0.05) is 15.9 Å². The molecule has 1 saturated heterocycles. The van der Waals surface area contributed by atoms with E-state index in [1.54, 1.807) is 0 Å². The smallest absolute Gasteiger partial charge is 0.303 e. The number of halogens is 2. The molecule has 0 aliphatic carbocycles. The van der Waals surface area contributed by atoms with Crippen LogP contribution in [0.2, 0.25) is 0 Å². The Bertz CT molecular complexity index is 285. The van der Waals surface area contributed by atoms with Crippen LogP contribution >= 0.6 is 15.9 Å². The zero-order valence-electron chi connectivity index (χ0n) is 8.81. The second kappa shape index (κ2) is 5.58. The van der Waals surface area contributed by atoms with Gasteiger partial charge in [0.05, 0.1) is 0 Å². The van der Waals surface area contributed by atoms with Crippen LogP contribution in [-0.4, -0.2) is 41.9 Å². The van der Waals surface area contributed by atoms with Crippen LogP contribution in [0.1, 0.15) is 13.8 Å². The molecule has 4 atom stereocenters. The fourth-order valence-electron chi connectivity index (χ4n) is 1.34. The molecule has 7 heteroatoms. The van der Waals surface area contributed by atoms with Gasteiger partial charge < -0.3 is 14.2 Å². The maximum atomic E-state index is 13.5. The van der Waals surface area contributed by atoms with Gasteiger partial charge in [0.15, 0.2) is 12.3 Å². The van der Waals surface area contributed by atoms with E-state index in [4.69, 9.17) is 14.2 Å². The fraction of sp³-hybridized carbons (Fsp3) is 0.778. The number of ether oxygens (including phenoxy) is 3. The van der Waals surface area contributed by atoms with Gasteiger partial charge in [0.25, 0.3) is 0 Å². The summed E-state index contributed by atoms with van der Waals surface area (Å²) >= 11 is 2.95. The first-order chi connectivity index (χ1) is 7.41. The molecule has 0 radical (unpaired) electrons. The van der Waals surface area contributed by atoms with Crippen molar-refractivity contribution in [3.63, 3.8) is 0 Å². The number of carbonyl (C=O) groups excluding carboxylic acids is 2. The minimum Gasteiger partial charge on any atom is -0.463 e. The number of hydrogen-bond acceptors (Lipinski definition) is 5. The van der Waals surface area contributed by atoms with Gasteiger partial charge in [-0.3, -0.25) is 9.59 Å². The first kappa shape index (κ1) is 13.4. The molecule has 0 spiro atoms. The first-order valence-corrected chi connectivity index (χ1v) is 5.57. The van der Waals surface area contributed by atoms with E-state index in [9.17, 15) is 14.0 Å². The van der Waals surface area contributed by atoms with Gasteiger partial charge in [-0.15, -0.1) is 0 Å². The average Bonchev–Trinajstić information content (AvgIpc) is 2.42. The van der Waals surface area contributed by atoms with Crippen LogP contribution in [0.25, 0.3) is 0 Å². The Labute approximate surface area is 100 Å². The van der Waals surface area contributed by atoms with Gasteiger partial charge in [0, 0.05) is 13.8 Å². The quantitative estimate of drug-likeness (QED) is 0.573. The fourth-order valence-corrected chi connectivity index (χ4v) is 1.92. The molecule has 0 bridgehead atoms. The van der Waals surface area contributed by atoms with Gasteiger partial charge in [-0.2, -0.15) is 0 Å². The molecule has 0 unspecified atom stereocenters. The van der Waals surface area contributed by atoms with E-state index in [-0.39, 0.29) is 6.61 Å². The van der Waals surface area contributed by atoms with E-state index >= 15 is 0 Å². The predicted octanol–water partition coefficient (Wildman–Crippen LogP) is 0.939.